The van der Waals surface area contributed by atoms with Crippen LogP contribution in [0.2, 0.25) is 0 Å². The minimum Gasteiger partial charge on any atom is -0.323 e. The summed E-state index contributed by atoms with van der Waals surface area (Å²) in [7, 11) is 0. The standard InChI is InChI=1S/C12H17NS/c1-7-5-6-14-12(7)11(13)10-8-3-2-4-9(8)10/h5-6,8-11H,2-4,13H2,1H3. The Kier molecular flexibility index (Phi) is 1.96. The molecule has 3 rings (SSSR count). The third-order valence-corrected chi connectivity index (χ3v) is 5.21. The van der Waals surface area contributed by atoms with Crippen LogP contribution < -0.4 is 5.73 Å². The zero-order chi connectivity index (χ0) is 9.71. The lowest BCUT2D eigenvalue weighted by Gasteiger charge is -2.12. The van der Waals surface area contributed by atoms with Crippen LogP contribution >= 0.6 is 11.3 Å². The molecule has 2 N–H and O–H groups in total. The molecule has 0 radical (unpaired) electrons. The Morgan fingerprint density at radius 1 is 1.43 bits per heavy atom. The third-order valence-electron chi connectivity index (χ3n) is 4.09. The summed E-state index contributed by atoms with van der Waals surface area (Å²) in [6.07, 6.45) is 4.32. The maximum atomic E-state index is 6.35. The minimum atomic E-state index is 0.338. The van der Waals surface area contributed by atoms with E-state index < -0.39 is 0 Å². The molecule has 0 aliphatic heterocycles. The Bertz CT molecular complexity index is 334. The number of nitrogens with two attached hydrogens (primary N) is 1. The Morgan fingerprint density at radius 3 is 2.71 bits per heavy atom. The fourth-order valence-corrected chi connectivity index (χ4v) is 4.30. The molecule has 1 aromatic rings. The van der Waals surface area contributed by atoms with Gasteiger partial charge < -0.3 is 5.73 Å². The molecule has 0 amide bonds. The minimum absolute atomic E-state index is 0.338. The second kappa shape index (κ2) is 3.07. The molecule has 14 heavy (non-hydrogen) atoms. The summed E-state index contributed by atoms with van der Waals surface area (Å²) in [6.45, 7) is 2.18. The van der Waals surface area contributed by atoms with Crippen LogP contribution in [0, 0.1) is 24.7 Å². The van der Waals surface area contributed by atoms with Crippen molar-refractivity contribution >= 4 is 11.3 Å². The molecule has 76 valence electrons. The Balaban J connectivity index is 1.78. The summed E-state index contributed by atoms with van der Waals surface area (Å²) in [5.74, 6) is 2.78. The van der Waals surface area contributed by atoms with E-state index >= 15 is 0 Å². The van der Waals surface area contributed by atoms with Crippen molar-refractivity contribution in [1.29, 1.82) is 0 Å². The van der Waals surface area contributed by atoms with Gasteiger partial charge in [0.2, 0.25) is 0 Å². The van der Waals surface area contributed by atoms with Crippen molar-refractivity contribution in [3.05, 3.63) is 21.9 Å². The lowest BCUT2D eigenvalue weighted by molar-refractivity contribution is 0.506. The molecule has 3 atom stereocenters. The molecule has 0 spiro atoms. The smallest absolute Gasteiger partial charge is 0.0426 e. The van der Waals surface area contributed by atoms with Gasteiger partial charge in [-0.15, -0.1) is 11.3 Å². The maximum absolute atomic E-state index is 6.35. The highest BCUT2D eigenvalue weighted by Crippen LogP contribution is 2.62. The number of fused-ring (bicyclic) bond motifs is 1. The average Bonchev–Trinajstić information content (AvgIpc) is 2.57. The number of thiophene rings is 1. The highest BCUT2D eigenvalue weighted by atomic mass is 32.1. The van der Waals surface area contributed by atoms with Crippen LogP contribution in [0.1, 0.15) is 35.7 Å². The van der Waals surface area contributed by atoms with E-state index in [4.69, 9.17) is 5.73 Å². The van der Waals surface area contributed by atoms with Gasteiger partial charge >= 0.3 is 0 Å². The second-order valence-corrected chi connectivity index (χ2v) is 5.78. The molecule has 2 aliphatic carbocycles. The quantitative estimate of drug-likeness (QED) is 0.792. The molecule has 1 nitrogen and oxygen atoms in total. The van der Waals surface area contributed by atoms with Crippen LogP contribution in [0.3, 0.4) is 0 Å². The number of hydrogen-bond acceptors (Lipinski definition) is 2. The first-order chi connectivity index (χ1) is 6.79. The van der Waals surface area contributed by atoms with Crippen LogP contribution in [-0.4, -0.2) is 0 Å². The van der Waals surface area contributed by atoms with Crippen molar-refractivity contribution in [2.24, 2.45) is 23.5 Å². The van der Waals surface area contributed by atoms with Gasteiger partial charge in [-0.3, -0.25) is 0 Å². The monoisotopic (exact) mass is 207 g/mol. The summed E-state index contributed by atoms with van der Waals surface area (Å²) < 4.78 is 0. The highest BCUT2D eigenvalue weighted by Gasteiger charge is 2.55. The van der Waals surface area contributed by atoms with E-state index in [1.165, 1.54) is 29.7 Å². The zero-order valence-corrected chi connectivity index (χ0v) is 9.39. The predicted octanol–water partition coefficient (Wildman–Crippen LogP) is 3.10. The van der Waals surface area contributed by atoms with Crippen LogP contribution in [0.5, 0.6) is 0 Å². The third kappa shape index (κ3) is 1.17. The predicted molar refractivity (Wildman–Crippen MR) is 60.3 cm³/mol. The fraction of sp³-hybridized carbons (Fsp3) is 0.667. The molecule has 2 fully saturated rings. The zero-order valence-electron chi connectivity index (χ0n) is 8.57. The first-order valence-electron chi connectivity index (χ1n) is 5.58. The summed E-state index contributed by atoms with van der Waals surface area (Å²) in [6, 6.07) is 2.53. The van der Waals surface area contributed by atoms with Gasteiger partial charge in [-0.25, -0.2) is 0 Å². The molecule has 3 unspecified atom stereocenters. The topological polar surface area (TPSA) is 26.0 Å². The van der Waals surface area contributed by atoms with E-state index in [2.05, 4.69) is 18.4 Å². The van der Waals surface area contributed by atoms with E-state index in [-0.39, 0.29) is 0 Å². The largest absolute Gasteiger partial charge is 0.323 e. The first-order valence-corrected chi connectivity index (χ1v) is 6.46. The van der Waals surface area contributed by atoms with Crippen molar-refractivity contribution in [3.63, 3.8) is 0 Å². The Labute approximate surface area is 89.3 Å². The van der Waals surface area contributed by atoms with E-state index in [1.807, 2.05) is 11.3 Å². The average molecular weight is 207 g/mol. The molecular weight excluding hydrogens is 190 g/mol. The fourth-order valence-electron chi connectivity index (χ4n) is 3.31. The normalized spacial score (nSPS) is 36.9. The number of rotatable bonds is 2. The van der Waals surface area contributed by atoms with E-state index in [1.54, 1.807) is 0 Å². The summed E-state index contributed by atoms with van der Waals surface area (Å²) >= 11 is 1.84. The number of aryl methyl sites for hydroxylation is 1. The van der Waals surface area contributed by atoms with Crippen molar-refractivity contribution < 1.29 is 0 Å². The first kappa shape index (κ1) is 8.93. The van der Waals surface area contributed by atoms with Gasteiger partial charge in [-0.1, -0.05) is 6.42 Å². The van der Waals surface area contributed by atoms with Gasteiger partial charge in [0.25, 0.3) is 0 Å². The van der Waals surface area contributed by atoms with Crippen molar-refractivity contribution in [1.82, 2.24) is 0 Å². The van der Waals surface area contributed by atoms with E-state index in [9.17, 15) is 0 Å². The molecule has 2 saturated carbocycles. The summed E-state index contributed by atoms with van der Waals surface area (Å²) in [5, 5.41) is 2.17. The molecule has 1 aromatic heterocycles. The molecule has 0 saturated heterocycles. The highest BCUT2D eigenvalue weighted by molar-refractivity contribution is 7.10. The molecule has 0 bridgehead atoms. The van der Waals surface area contributed by atoms with Gasteiger partial charge in [0.05, 0.1) is 0 Å². The lowest BCUT2D eigenvalue weighted by atomic mass is 10.0. The Morgan fingerprint density at radius 2 is 2.14 bits per heavy atom. The second-order valence-electron chi connectivity index (χ2n) is 4.83. The van der Waals surface area contributed by atoms with E-state index in [0.717, 1.165) is 17.8 Å². The summed E-state index contributed by atoms with van der Waals surface area (Å²) in [4.78, 5) is 1.43. The molecule has 0 aromatic carbocycles. The van der Waals surface area contributed by atoms with Gasteiger partial charge in [0.15, 0.2) is 0 Å². The van der Waals surface area contributed by atoms with Gasteiger partial charge in [0.1, 0.15) is 0 Å². The van der Waals surface area contributed by atoms with Gasteiger partial charge in [0, 0.05) is 10.9 Å². The van der Waals surface area contributed by atoms with Crippen molar-refractivity contribution in [2.75, 3.05) is 0 Å². The van der Waals surface area contributed by atoms with Crippen LogP contribution in [0.15, 0.2) is 11.4 Å². The van der Waals surface area contributed by atoms with Crippen LogP contribution in [0.25, 0.3) is 0 Å². The number of hydrogen-bond donors (Lipinski definition) is 1. The van der Waals surface area contributed by atoms with Gasteiger partial charge in [-0.2, -0.15) is 0 Å². The van der Waals surface area contributed by atoms with Crippen LogP contribution in [0.4, 0.5) is 0 Å². The van der Waals surface area contributed by atoms with Gasteiger partial charge in [-0.05, 0) is 54.5 Å². The van der Waals surface area contributed by atoms with Crippen molar-refractivity contribution in [2.45, 2.75) is 32.2 Å². The SMILES string of the molecule is Cc1ccsc1C(N)C1C2CCCC21. The van der Waals surface area contributed by atoms with Crippen LogP contribution in [-0.2, 0) is 0 Å². The maximum Gasteiger partial charge on any atom is 0.0426 e. The Hall–Kier alpha value is -0.340. The molecule has 2 aliphatic rings. The van der Waals surface area contributed by atoms with Crippen molar-refractivity contribution in [3.8, 4) is 0 Å². The summed E-state index contributed by atoms with van der Waals surface area (Å²) in [5.41, 5.74) is 7.74. The molecule has 1 heterocycles. The lowest BCUT2D eigenvalue weighted by Crippen LogP contribution is -2.14. The molecule has 2 heteroatoms. The molecular formula is C12H17NS. The van der Waals surface area contributed by atoms with E-state index in [0.29, 0.717) is 6.04 Å².